The van der Waals surface area contributed by atoms with Crippen molar-refractivity contribution in [1.29, 1.82) is 0 Å². The van der Waals surface area contributed by atoms with E-state index in [1.165, 1.54) is 0 Å². The average molecular weight is 336 g/mol. The van der Waals surface area contributed by atoms with Crippen LogP contribution in [0.4, 0.5) is 4.79 Å². The maximum Gasteiger partial charge on any atom is 0.325 e. The SMILES string of the molecule is O=C1N[C@]2(CCc3ccccc32)C(=O)N1[C@H]1CS(=O)(=O)C[C@@H]1O. The Balaban J connectivity index is 1.74. The number of rotatable bonds is 1. The fourth-order valence-corrected chi connectivity index (χ4v) is 5.69. The third-order valence-electron chi connectivity index (χ3n) is 4.99. The highest BCUT2D eigenvalue weighted by molar-refractivity contribution is 7.91. The molecule has 2 heterocycles. The Morgan fingerprint density at radius 1 is 1.22 bits per heavy atom. The van der Waals surface area contributed by atoms with Gasteiger partial charge < -0.3 is 10.4 Å². The first-order valence-corrected chi connectivity index (χ1v) is 9.29. The maximum atomic E-state index is 13.0. The summed E-state index contributed by atoms with van der Waals surface area (Å²) in [5, 5.41) is 12.7. The molecule has 1 aromatic rings. The average Bonchev–Trinajstić information content (AvgIpc) is 3.06. The molecule has 0 saturated carbocycles. The van der Waals surface area contributed by atoms with Crippen molar-refractivity contribution in [3.05, 3.63) is 35.4 Å². The summed E-state index contributed by atoms with van der Waals surface area (Å²) in [6.07, 6.45) is -0.119. The molecule has 3 aliphatic rings. The molecule has 3 amide bonds. The molecule has 1 spiro atoms. The van der Waals surface area contributed by atoms with E-state index < -0.39 is 45.2 Å². The summed E-state index contributed by atoms with van der Waals surface area (Å²) in [6, 6.07) is 5.77. The Kier molecular flexibility index (Phi) is 2.90. The van der Waals surface area contributed by atoms with Gasteiger partial charge in [-0.3, -0.25) is 9.69 Å². The lowest BCUT2D eigenvalue weighted by molar-refractivity contribution is -0.134. The summed E-state index contributed by atoms with van der Waals surface area (Å²) in [6.45, 7) is 0. The quantitative estimate of drug-likeness (QED) is 0.675. The first-order chi connectivity index (χ1) is 10.8. The molecule has 2 N–H and O–H groups in total. The first-order valence-electron chi connectivity index (χ1n) is 7.47. The predicted molar refractivity (Wildman–Crippen MR) is 80.3 cm³/mol. The Hall–Kier alpha value is -1.93. The third kappa shape index (κ3) is 1.94. The number of fused-ring (bicyclic) bond motifs is 2. The van der Waals surface area contributed by atoms with Crippen LogP contribution in [0.5, 0.6) is 0 Å². The van der Waals surface area contributed by atoms with Gasteiger partial charge in [0.05, 0.1) is 23.7 Å². The number of amides is 3. The van der Waals surface area contributed by atoms with Gasteiger partial charge in [0.25, 0.3) is 5.91 Å². The molecule has 2 saturated heterocycles. The Morgan fingerprint density at radius 3 is 2.65 bits per heavy atom. The van der Waals surface area contributed by atoms with Gasteiger partial charge in [0, 0.05) is 0 Å². The molecule has 0 bridgehead atoms. The molecule has 122 valence electrons. The van der Waals surface area contributed by atoms with Crippen molar-refractivity contribution < 1.29 is 23.1 Å². The minimum atomic E-state index is -3.45. The zero-order chi connectivity index (χ0) is 16.4. The highest BCUT2D eigenvalue weighted by Gasteiger charge is 2.59. The lowest BCUT2D eigenvalue weighted by Gasteiger charge is -2.25. The normalized spacial score (nSPS) is 34.9. The molecule has 7 nitrogen and oxygen atoms in total. The van der Waals surface area contributed by atoms with Gasteiger partial charge in [-0.15, -0.1) is 0 Å². The van der Waals surface area contributed by atoms with Gasteiger partial charge in [0.15, 0.2) is 9.84 Å². The van der Waals surface area contributed by atoms with Crippen molar-refractivity contribution in [2.75, 3.05) is 11.5 Å². The van der Waals surface area contributed by atoms with Gasteiger partial charge in [0.1, 0.15) is 5.54 Å². The van der Waals surface area contributed by atoms with Crippen LogP contribution in [0.3, 0.4) is 0 Å². The Morgan fingerprint density at radius 2 is 1.96 bits per heavy atom. The zero-order valence-electron chi connectivity index (χ0n) is 12.2. The molecule has 0 aromatic heterocycles. The number of nitrogens with one attached hydrogen (secondary N) is 1. The van der Waals surface area contributed by atoms with E-state index in [-0.39, 0.29) is 5.75 Å². The number of aryl methyl sites for hydroxylation is 1. The summed E-state index contributed by atoms with van der Waals surface area (Å²) in [5.41, 5.74) is 0.638. The van der Waals surface area contributed by atoms with Crippen molar-refractivity contribution in [1.82, 2.24) is 10.2 Å². The van der Waals surface area contributed by atoms with E-state index in [2.05, 4.69) is 5.32 Å². The van der Waals surface area contributed by atoms with Gasteiger partial charge in [-0.05, 0) is 24.0 Å². The van der Waals surface area contributed by atoms with Crippen molar-refractivity contribution in [3.63, 3.8) is 0 Å². The molecule has 23 heavy (non-hydrogen) atoms. The van der Waals surface area contributed by atoms with Crippen LogP contribution < -0.4 is 5.32 Å². The number of benzene rings is 1. The lowest BCUT2D eigenvalue weighted by atomic mass is 9.91. The zero-order valence-corrected chi connectivity index (χ0v) is 13.0. The molecular formula is C15H16N2O5S. The third-order valence-corrected chi connectivity index (χ3v) is 6.69. The van der Waals surface area contributed by atoms with Crippen LogP contribution in [0, 0.1) is 0 Å². The summed E-state index contributed by atoms with van der Waals surface area (Å²) in [4.78, 5) is 26.3. The largest absolute Gasteiger partial charge is 0.390 e. The lowest BCUT2D eigenvalue weighted by Crippen LogP contribution is -2.48. The second-order valence-corrected chi connectivity index (χ2v) is 8.53. The number of carbonyl (C=O) groups excluding carboxylic acids is 2. The van der Waals surface area contributed by atoms with Gasteiger partial charge in [-0.2, -0.15) is 0 Å². The van der Waals surface area contributed by atoms with Crippen LogP contribution in [0.1, 0.15) is 17.5 Å². The van der Waals surface area contributed by atoms with Crippen LogP contribution >= 0.6 is 0 Å². The van der Waals surface area contributed by atoms with Gasteiger partial charge >= 0.3 is 6.03 Å². The second kappa shape index (κ2) is 4.55. The van der Waals surface area contributed by atoms with Crippen molar-refractivity contribution in [2.24, 2.45) is 0 Å². The molecule has 2 aliphatic heterocycles. The van der Waals surface area contributed by atoms with E-state index in [1.807, 2.05) is 24.3 Å². The summed E-state index contributed by atoms with van der Waals surface area (Å²) >= 11 is 0. The molecule has 1 aromatic carbocycles. The van der Waals surface area contributed by atoms with Crippen molar-refractivity contribution in [3.8, 4) is 0 Å². The van der Waals surface area contributed by atoms with Crippen molar-refractivity contribution >= 4 is 21.8 Å². The number of carbonyl (C=O) groups is 2. The number of sulfone groups is 1. The van der Waals surface area contributed by atoms with Gasteiger partial charge in [-0.1, -0.05) is 24.3 Å². The van der Waals surface area contributed by atoms with Crippen LogP contribution in [0.25, 0.3) is 0 Å². The van der Waals surface area contributed by atoms with E-state index in [0.717, 1.165) is 16.0 Å². The number of imide groups is 1. The molecule has 4 rings (SSSR count). The molecule has 2 fully saturated rings. The van der Waals surface area contributed by atoms with Crippen LogP contribution in [-0.2, 0) is 26.6 Å². The minimum Gasteiger partial charge on any atom is -0.390 e. The highest BCUT2D eigenvalue weighted by Crippen LogP contribution is 2.42. The first kappa shape index (κ1) is 14.6. The molecule has 0 radical (unpaired) electrons. The molecule has 8 heteroatoms. The number of nitrogens with zero attached hydrogens (tertiary/aromatic N) is 1. The predicted octanol–water partition coefficient (Wildman–Crippen LogP) is -0.462. The number of hydrogen-bond acceptors (Lipinski definition) is 5. The van der Waals surface area contributed by atoms with Gasteiger partial charge in [0.2, 0.25) is 0 Å². The monoisotopic (exact) mass is 336 g/mol. The van der Waals surface area contributed by atoms with Crippen LogP contribution in [0.15, 0.2) is 24.3 Å². The fraction of sp³-hybridized carbons (Fsp3) is 0.467. The smallest absolute Gasteiger partial charge is 0.325 e. The van der Waals surface area contributed by atoms with Crippen LogP contribution in [-0.4, -0.2) is 54.0 Å². The molecule has 0 unspecified atom stereocenters. The van der Waals surface area contributed by atoms with Gasteiger partial charge in [-0.25, -0.2) is 13.2 Å². The number of hydrogen-bond donors (Lipinski definition) is 2. The topological polar surface area (TPSA) is 104 Å². The molecule has 3 atom stereocenters. The van der Waals surface area contributed by atoms with E-state index in [1.54, 1.807) is 0 Å². The van der Waals surface area contributed by atoms with E-state index >= 15 is 0 Å². The Labute approximate surface area is 133 Å². The van der Waals surface area contributed by atoms with Crippen LogP contribution in [0.2, 0.25) is 0 Å². The number of aliphatic hydroxyl groups excluding tert-OH is 1. The summed E-state index contributed by atoms with van der Waals surface area (Å²) in [7, 11) is -3.45. The molecular weight excluding hydrogens is 320 g/mol. The number of aliphatic hydroxyl groups is 1. The summed E-state index contributed by atoms with van der Waals surface area (Å²) < 4.78 is 23.4. The highest BCUT2D eigenvalue weighted by atomic mass is 32.2. The maximum absolute atomic E-state index is 13.0. The molecule has 1 aliphatic carbocycles. The standard InChI is InChI=1S/C15H16N2O5S/c18-12-8-23(21,22)7-11(12)17-13(19)15(16-14(17)20)6-5-9-3-1-2-4-10(9)15/h1-4,11-12,18H,5-8H2,(H,16,20)/t11-,12-,15-/m0/s1. The van der Waals surface area contributed by atoms with E-state index in [0.29, 0.717) is 12.8 Å². The number of urea groups is 1. The van der Waals surface area contributed by atoms with E-state index in [4.69, 9.17) is 0 Å². The second-order valence-electron chi connectivity index (χ2n) is 6.38. The van der Waals surface area contributed by atoms with Crippen molar-refractivity contribution in [2.45, 2.75) is 30.5 Å². The Bertz CT molecular complexity index is 821. The fourth-order valence-electron chi connectivity index (χ4n) is 3.92. The van der Waals surface area contributed by atoms with E-state index in [9.17, 15) is 23.1 Å². The summed E-state index contributed by atoms with van der Waals surface area (Å²) in [5.74, 6) is -1.27. The minimum absolute atomic E-state index is 0.384.